The third-order valence-corrected chi connectivity index (χ3v) is 6.03. The molecule has 0 spiro atoms. The highest BCUT2D eigenvalue weighted by Crippen LogP contribution is 2.34. The van der Waals surface area contributed by atoms with Crippen LogP contribution in [0.3, 0.4) is 0 Å². The highest BCUT2D eigenvalue weighted by molar-refractivity contribution is 5.73. The maximum Gasteiger partial charge on any atom is 0.303 e. The van der Waals surface area contributed by atoms with Gasteiger partial charge >= 0.3 is 35.8 Å². The Kier molecular flexibility index (Phi) is 13.4. The van der Waals surface area contributed by atoms with Gasteiger partial charge in [-0.1, -0.05) is 0 Å². The SMILES string of the molecule is CC(=O)N[C@@H]1[C@@H](O[C@H]2O[C@H](COC(C)=O)[C@H](OC(C)=O)[C@H](OC(C)=O)[C@H]2OC(C)=O)[C@@H](OC(C)=O)[C@@H](COC(C)=O)O[C@@H]1O. The minimum atomic E-state index is -1.83. The largest absolute Gasteiger partial charge is 0.463 e. The molecule has 0 aliphatic carbocycles. The molecular formula is C26H37NO17. The smallest absolute Gasteiger partial charge is 0.303 e. The normalized spacial score (nSPS) is 31.5. The van der Waals surface area contributed by atoms with Crippen LogP contribution in [0.15, 0.2) is 0 Å². The van der Waals surface area contributed by atoms with Gasteiger partial charge in [0, 0.05) is 48.5 Å². The third kappa shape index (κ3) is 10.7. The van der Waals surface area contributed by atoms with E-state index in [1.807, 2.05) is 0 Å². The van der Waals surface area contributed by atoms with Gasteiger partial charge in [0.05, 0.1) is 0 Å². The molecule has 18 heteroatoms. The fourth-order valence-corrected chi connectivity index (χ4v) is 4.59. The Labute approximate surface area is 251 Å². The number of rotatable bonds is 11. The molecule has 0 unspecified atom stereocenters. The van der Waals surface area contributed by atoms with E-state index < -0.39 is 116 Å². The van der Waals surface area contributed by atoms with Crippen LogP contribution in [0.5, 0.6) is 0 Å². The molecule has 2 N–H and O–H groups in total. The van der Waals surface area contributed by atoms with Gasteiger partial charge in [0.1, 0.15) is 37.6 Å². The van der Waals surface area contributed by atoms with E-state index in [2.05, 4.69) is 5.32 Å². The maximum atomic E-state index is 12.2. The molecule has 1 amide bonds. The van der Waals surface area contributed by atoms with Crippen molar-refractivity contribution >= 4 is 41.7 Å². The van der Waals surface area contributed by atoms with Crippen LogP contribution in [0.1, 0.15) is 48.5 Å². The van der Waals surface area contributed by atoms with Gasteiger partial charge in [0.15, 0.2) is 37.0 Å². The van der Waals surface area contributed by atoms with Gasteiger partial charge in [0.2, 0.25) is 5.91 Å². The first-order valence-corrected chi connectivity index (χ1v) is 13.4. The number of carbonyl (C=O) groups is 7. The summed E-state index contributed by atoms with van der Waals surface area (Å²) in [4.78, 5) is 83.7. The van der Waals surface area contributed by atoms with E-state index >= 15 is 0 Å². The minimum absolute atomic E-state index is 0.532. The van der Waals surface area contributed by atoms with E-state index in [0.29, 0.717) is 0 Å². The van der Waals surface area contributed by atoms with E-state index in [1.165, 1.54) is 0 Å². The minimum Gasteiger partial charge on any atom is -0.463 e. The van der Waals surface area contributed by atoms with Crippen LogP contribution >= 0.6 is 0 Å². The second-order valence-corrected chi connectivity index (χ2v) is 9.84. The molecule has 2 saturated heterocycles. The zero-order chi connectivity index (χ0) is 33.3. The fraction of sp³-hybridized carbons (Fsp3) is 0.731. The Morgan fingerprint density at radius 3 is 1.41 bits per heavy atom. The summed E-state index contributed by atoms with van der Waals surface area (Å²) in [6.07, 6.45) is -14.2. The number of esters is 6. The summed E-state index contributed by atoms with van der Waals surface area (Å²) in [6.45, 7) is 6.36. The lowest BCUT2D eigenvalue weighted by atomic mass is 9.94. The first kappa shape index (κ1) is 36.3. The summed E-state index contributed by atoms with van der Waals surface area (Å²) in [5, 5.41) is 13.2. The van der Waals surface area contributed by atoms with Gasteiger partial charge in [-0.2, -0.15) is 0 Å². The van der Waals surface area contributed by atoms with Crippen LogP contribution in [0.25, 0.3) is 0 Å². The molecule has 248 valence electrons. The molecule has 0 aromatic rings. The summed E-state index contributed by atoms with van der Waals surface area (Å²) < 4.78 is 49.1. The quantitative estimate of drug-likeness (QED) is 0.188. The monoisotopic (exact) mass is 635 g/mol. The Bertz CT molecular complexity index is 1090. The van der Waals surface area contributed by atoms with Crippen LogP contribution in [-0.2, 0) is 76.2 Å². The molecule has 0 saturated carbocycles. The van der Waals surface area contributed by atoms with Gasteiger partial charge in [-0.15, -0.1) is 0 Å². The lowest BCUT2D eigenvalue weighted by Crippen LogP contribution is -2.69. The van der Waals surface area contributed by atoms with Crippen molar-refractivity contribution < 1.29 is 81.3 Å². The zero-order valence-electron chi connectivity index (χ0n) is 25.2. The highest BCUT2D eigenvalue weighted by atomic mass is 16.8. The number of amides is 1. The van der Waals surface area contributed by atoms with Crippen LogP contribution in [0, 0.1) is 0 Å². The van der Waals surface area contributed by atoms with Crippen molar-refractivity contribution in [2.45, 2.75) is 110 Å². The summed E-state index contributed by atoms with van der Waals surface area (Å²) >= 11 is 0. The predicted molar refractivity (Wildman–Crippen MR) is 138 cm³/mol. The first-order valence-electron chi connectivity index (χ1n) is 13.4. The van der Waals surface area contributed by atoms with Gasteiger partial charge in [-0.25, -0.2) is 0 Å². The van der Waals surface area contributed by atoms with Crippen molar-refractivity contribution in [2.24, 2.45) is 0 Å². The van der Waals surface area contributed by atoms with Crippen molar-refractivity contribution in [1.82, 2.24) is 5.32 Å². The Morgan fingerprint density at radius 1 is 0.568 bits per heavy atom. The second-order valence-electron chi connectivity index (χ2n) is 9.84. The van der Waals surface area contributed by atoms with E-state index in [9.17, 15) is 38.7 Å². The van der Waals surface area contributed by atoms with E-state index in [4.69, 9.17) is 42.6 Å². The Balaban J connectivity index is 2.66. The van der Waals surface area contributed by atoms with Crippen molar-refractivity contribution in [2.75, 3.05) is 13.2 Å². The molecule has 44 heavy (non-hydrogen) atoms. The molecule has 0 aromatic heterocycles. The number of nitrogens with one attached hydrogen (secondary N) is 1. The average molecular weight is 636 g/mol. The molecule has 0 aromatic carbocycles. The van der Waals surface area contributed by atoms with E-state index in [0.717, 1.165) is 48.5 Å². The zero-order valence-corrected chi connectivity index (χ0v) is 25.2. The predicted octanol–water partition coefficient (Wildman–Crippen LogP) is -1.83. The lowest BCUT2D eigenvalue weighted by molar-refractivity contribution is -0.344. The number of aliphatic hydroxyl groups is 1. The van der Waals surface area contributed by atoms with Crippen LogP contribution in [0.4, 0.5) is 0 Å². The van der Waals surface area contributed by atoms with Gasteiger partial charge < -0.3 is 53.1 Å². The summed E-state index contributed by atoms with van der Waals surface area (Å²) in [7, 11) is 0. The molecular weight excluding hydrogens is 598 g/mol. The number of hydrogen-bond acceptors (Lipinski definition) is 17. The van der Waals surface area contributed by atoms with Crippen molar-refractivity contribution in [1.29, 1.82) is 0 Å². The van der Waals surface area contributed by atoms with Gasteiger partial charge in [-0.3, -0.25) is 33.6 Å². The Hall–Kier alpha value is -3.87. The molecule has 2 aliphatic rings. The van der Waals surface area contributed by atoms with Gasteiger partial charge in [0.25, 0.3) is 0 Å². The van der Waals surface area contributed by atoms with Crippen molar-refractivity contribution in [3.63, 3.8) is 0 Å². The highest BCUT2D eigenvalue weighted by Gasteiger charge is 2.56. The number of ether oxygens (including phenoxy) is 9. The fourth-order valence-electron chi connectivity index (χ4n) is 4.59. The van der Waals surface area contributed by atoms with Crippen molar-refractivity contribution in [3.05, 3.63) is 0 Å². The van der Waals surface area contributed by atoms with Crippen LogP contribution < -0.4 is 5.32 Å². The van der Waals surface area contributed by atoms with E-state index in [1.54, 1.807) is 0 Å². The summed E-state index contributed by atoms with van der Waals surface area (Å²) in [5.74, 6) is -5.68. The molecule has 0 radical (unpaired) electrons. The standard InChI is InChI=1S/C26H37NO17/c1-10(28)27-19-22(20(38-13(4)31)17(42-25(19)35)8-36-11(2)29)44-26-24(41-16(7)34)23(40-15(6)33)21(39-14(5)32)18(43-26)9-37-12(3)30/h17-26,35H,8-9H2,1-7H3,(H,27,28)/t17-,18-,19-,20+,21+,22-,23+,24-,25+,26-/m1/s1. The molecule has 0 bridgehead atoms. The molecule has 10 atom stereocenters. The number of aliphatic hydroxyl groups excluding tert-OH is 1. The van der Waals surface area contributed by atoms with Crippen LogP contribution in [0.2, 0.25) is 0 Å². The lowest BCUT2D eigenvalue weighted by Gasteiger charge is -2.48. The second kappa shape index (κ2) is 16.3. The number of carbonyl (C=O) groups excluding carboxylic acids is 7. The van der Waals surface area contributed by atoms with Gasteiger partial charge in [-0.05, 0) is 0 Å². The molecule has 18 nitrogen and oxygen atoms in total. The molecule has 2 heterocycles. The third-order valence-electron chi connectivity index (χ3n) is 6.03. The van der Waals surface area contributed by atoms with Crippen LogP contribution in [-0.4, -0.2) is 121 Å². The summed E-state index contributed by atoms with van der Waals surface area (Å²) in [6, 6.07) is -1.47. The van der Waals surface area contributed by atoms with E-state index in [-0.39, 0.29) is 0 Å². The first-order chi connectivity index (χ1) is 20.5. The molecule has 2 aliphatic heterocycles. The topological polar surface area (TPSA) is 235 Å². The average Bonchev–Trinajstić information content (AvgIpc) is 2.87. The number of hydrogen-bond donors (Lipinski definition) is 2. The molecule has 2 rings (SSSR count). The summed E-state index contributed by atoms with van der Waals surface area (Å²) in [5.41, 5.74) is 0. The maximum absolute atomic E-state index is 12.2. The van der Waals surface area contributed by atoms with Crippen molar-refractivity contribution in [3.8, 4) is 0 Å². The Morgan fingerprint density at radius 2 is 0.977 bits per heavy atom. The molecule has 2 fully saturated rings.